The van der Waals surface area contributed by atoms with Gasteiger partial charge in [-0.1, -0.05) is 11.3 Å². The molecule has 6 heteroatoms. The highest BCUT2D eigenvalue weighted by Gasteiger charge is 2.13. The number of aromatic nitrogens is 1. The summed E-state index contributed by atoms with van der Waals surface area (Å²) in [7, 11) is 2.17. The van der Waals surface area contributed by atoms with Gasteiger partial charge in [0.1, 0.15) is 12.4 Å². The molecule has 108 valence electrons. The molecule has 0 saturated carbocycles. The molecule has 2 aromatic rings. The van der Waals surface area contributed by atoms with E-state index in [9.17, 15) is 0 Å². The van der Waals surface area contributed by atoms with Gasteiger partial charge in [0.15, 0.2) is 5.13 Å². The second-order valence-corrected chi connectivity index (χ2v) is 6.24. The number of nitrogens with two attached hydrogens (primary N) is 1. The third kappa shape index (κ3) is 3.20. The highest BCUT2D eigenvalue weighted by atomic mass is 32.1. The smallest absolute Gasteiger partial charge is 0.181 e. The maximum Gasteiger partial charge on any atom is 0.181 e. The third-order valence-corrected chi connectivity index (χ3v) is 4.50. The topological polar surface area (TPSA) is 54.6 Å². The molecule has 5 nitrogen and oxygen atoms in total. The van der Waals surface area contributed by atoms with Crippen LogP contribution in [0.15, 0.2) is 18.2 Å². The largest absolute Gasteiger partial charge is 0.492 e. The van der Waals surface area contributed by atoms with E-state index >= 15 is 0 Å². The van der Waals surface area contributed by atoms with Crippen LogP contribution >= 0.6 is 11.3 Å². The molecule has 1 aromatic heterocycles. The van der Waals surface area contributed by atoms with Gasteiger partial charge in [0.25, 0.3) is 0 Å². The molecule has 0 amide bonds. The number of thiazole rings is 1. The molecule has 1 aliphatic rings. The monoisotopic (exact) mass is 292 g/mol. The number of hydrogen-bond donors (Lipinski definition) is 1. The molecule has 0 bridgehead atoms. The fraction of sp³-hybridized carbons (Fsp3) is 0.500. The summed E-state index contributed by atoms with van der Waals surface area (Å²) < 4.78 is 6.92. The van der Waals surface area contributed by atoms with Crippen molar-refractivity contribution in [3.8, 4) is 5.75 Å². The average molecular weight is 292 g/mol. The van der Waals surface area contributed by atoms with E-state index in [1.807, 2.05) is 18.2 Å². The van der Waals surface area contributed by atoms with Gasteiger partial charge in [-0.15, -0.1) is 0 Å². The number of piperazine rings is 1. The van der Waals surface area contributed by atoms with Gasteiger partial charge in [-0.05, 0) is 25.2 Å². The Kier molecular flexibility index (Phi) is 4.05. The Morgan fingerprint density at radius 2 is 2.10 bits per heavy atom. The summed E-state index contributed by atoms with van der Waals surface area (Å²) in [5.41, 5.74) is 6.65. The van der Waals surface area contributed by atoms with Crippen molar-refractivity contribution >= 4 is 26.7 Å². The van der Waals surface area contributed by atoms with Gasteiger partial charge in [-0.2, -0.15) is 0 Å². The Hall–Kier alpha value is -1.37. The van der Waals surface area contributed by atoms with E-state index in [4.69, 9.17) is 10.5 Å². The van der Waals surface area contributed by atoms with Crippen molar-refractivity contribution in [2.45, 2.75) is 0 Å². The molecule has 1 aromatic carbocycles. The van der Waals surface area contributed by atoms with E-state index in [0.717, 1.165) is 55.3 Å². The molecule has 1 fully saturated rings. The summed E-state index contributed by atoms with van der Waals surface area (Å²) in [6, 6.07) is 5.95. The number of anilines is 1. The van der Waals surface area contributed by atoms with E-state index in [0.29, 0.717) is 5.13 Å². The van der Waals surface area contributed by atoms with Crippen LogP contribution < -0.4 is 10.5 Å². The van der Waals surface area contributed by atoms with Crippen molar-refractivity contribution in [1.82, 2.24) is 14.8 Å². The van der Waals surface area contributed by atoms with Crippen LogP contribution in [-0.4, -0.2) is 61.2 Å². The number of hydrogen-bond acceptors (Lipinski definition) is 6. The lowest BCUT2D eigenvalue weighted by atomic mass is 10.3. The van der Waals surface area contributed by atoms with Crippen molar-refractivity contribution in [3.63, 3.8) is 0 Å². The number of rotatable bonds is 4. The molecule has 2 heterocycles. The highest BCUT2D eigenvalue weighted by Crippen LogP contribution is 2.27. The number of likely N-dealkylation sites (N-methyl/N-ethyl adjacent to an activating group) is 1. The quantitative estimate of drug-likeness (QED) is 0.925. The first-order valence-corrected chi connectivity index (χ1v) is 7.72. The summed E-state index contributed by atoms with van der Waals surface area (Å²) in [4.78, 5) is 9.05. The Morgan fingerprint density at radius 3 is 2.90 bits per heavy atom. The van der Waals surface area contributed by atoms with E-state index in [-0.39, 0.29) is 0 Å². The lowest BCUT2D eigenvalue weighted by molar-refractivity contribution is 0.134. The summed E-state index contributed by atoms with van der Waals surface area (Å²) in [6.07, 6.45) is 0. The fourth-order valence-corrected chi connectivity index (χ4v) is 3.14. The molecule has 2 N–H and O–H groups in total. The van der Waals surface area contributed by atoms with Crippen LogP contribution in [0, 0.1) is 0 Å². The van der Waals surface area contributed by atoms with E-state index < -0.39 is 0 Å². The van der Waals surface area contributed by atoms with Gasteiger partial charge >= 0.3 is 0 Å². The fourth-order valence-electron chi connectivity index (χ4n) is 2.38. The van der Waals surface area contributed by atoms with Crippen LogP contribution in [0.3, 0.4) is 0 Å². The zero-order valence-electron chi connectivity index (χ0n) is 11.7. The molecule has 0 spiro atoms. The van der Waals surface area contributed by atoms with Gasteiger partial charge in [-0.3, -0.25) is 4.90 Å². The second-order valence-electron chi connectivity index (χ2n) is 5.18. The van der Waals surface area contributed by atoms with Gasteiger partial charge in [0.05, 0.1) is 10.2 Å². The zero-order valence-corrected chi connectivity index (χ0v) is 12.5. The molecule has 0 aliphatic carbocycles. The van der Waals surface area contributed by atoms with Gasteiger partial charge in [0.2, 0.25) is 0 Å². The maximum atomic E-state index is 5.84. The number of nitrogens with zero attached hydrogens (tertiary/aromatic N) is 3. The van der Waals surface area contributed by atoms with Crippen LogP contribution in [0.4, 0.5) is 5.13 Å². The standard InChI is InChI=1S/C14H20N4OS/c1-17-4-6-18(7-5-17)8-9-19-11-2-3-12-13(10-11)20-14(15)16-12/h2-3,10H,4-9H2,1H3,(H2,15,16). The van der Waals surface area contributed by atoms with Crippen LogP contribution in [0.2, 0.25) is 0 Å². The van der Waals surface area contributed by atoms with Crippen LogP contribution in [0.25, 0.3) is 10.2 Å². The van der Waals surface area contributed by atoms with E-state index in [1.54, 1.807) is 0 Å². The molecule has 20 heavy (non-hydrogen) atoms. The highest BCUT2D eigenvalue weighted by molar-refractivity contribution is 7.22. The van der Waals surface area contributed by atoms with Crippen molar-refractivity contribution in [2.24, 2.45) is 0 Å². The summed E-state index contributed by atoms with van der Waals surface area (Å²) in [6.45, 7) is 6.26. The molecular formula is C14H20N4OS. The number of ether oxygens (including phenoxy) is 1. The minimum atomic E-state index is 0.606. The minimum absolute atomic E-state index is 0.606. The number of benzene rings is 1. The number of nitrogen functional groups attached to an aromatic ring is 1. The van der Waals surface area contributed by atoms with Crippen LogP contribution in [-0.2, 0) is 0 Å². The Morgan fingerprint density at radius 1 is 1.30 bits per heavy atom. The number of fused-ring (bicyclic) bond motifs is 1. The summed E-state index contributed by atoms with van der Waals surface area (Å²) in [5, 5.41) is 0.606. The predicted octanol–water partition coefficient (Wildman–Crippen LogP) is 1.50. The van der Waals surface area contributed by atoms with Crippen LogP contribution in [0.5, 0.6) is 5.75 Å². The van der Waals surface area contributed by atoms with E-state index in [1.165, 1.54) is 11.3 Å². The summed E-state index contributed by atoms with van der Waals surface area (Å²) >= 11 is 1.50. The third-order valence-electron chi connectivity index (χ3n) is 3.65. The maximum absolute atomic E-state index is 5.84. The SMILES string of the molecule is CN1CCN(CCOc2ccc3nc(N)sc3c2)CC1. The second kappa shape index (κ2) is 5.95. The van der Waals surface area contributed by atoms with Crippen molar-refractivity contribution in [3.05, 3.63) is 18.2 Å². The first-order chi connectivity index (χ1) is 9.70. The molecule has 1 saturated heterocycles. The van der Waals surface area contributed by atoms with Crippen LogP contribution in [0.1, 0.15) is 0 Å². The summed E-state index contributed by atoms with van der Waals surface area (Å²) in [5.74, 6) is 0.898. The molecule has 3 rings (SSSR count). The molecular weight excluding hydrogens is 272 g/mol. The molecule has 0 unspecified atom stereocenters. The first kappa shape index (κ1) is 13.6. The van der Waals surface area contributed by atoms with Crippen molar-refractivity contribution in [2.75, 3.05) is 52.1 Å². The molecule has 0 radical (unpaired) electrons. The van der Waals surface area contributed by atoms with Gasteiger partial charge in [0, 0.05) is 32.7 Å². The normalized spacial score (nSPS) is 17.6. The zero-order chi connectivity index (χ0) is 13.9. The van der Waals surface area contributed by atoms with Crippen molar-refractivity contribution < 1.29 is 4.74 Å². The average Bonchev–Trinajstić information content (AvgIpc) is 2.80. The predicted molar refractivity (Wildman–Crippen MR) is 83.5 cm³/mol. The van der Waals surface area contributed by atoms with Gasteiger partial charge < -0.3 is 15.4 Å². The lowest BCUT2D eigenvalue weighted by Gasteiger charge is -2.32. The first-order valence-electron chi connectivity index (χ1n) is 6.90. The molecule has 0 atom stereocenters. The van der Waals surface area contributed by atoms with E-state index in [2.05, 4.69) is 21.8 Å². The Bertz CT molecular complexity index is 578. The van der Waals surface area contributed by atoms with Gasteiger partial charge in [-0.25, -0.2) is 4.98 Å². The Labute approximate surface area is 122 Å². The van der Waals surface area contributed by atoms with Crippen molar-refractivity contribution in [1.29, 1.82) is 0 Å². The molecule has 1 aliphatic heterocycles. The Balaban J connectivity index is 1.52. The lowest BCUT2D eigenvalue weighted by Crippen LogP contribution is -2.45. The minimum Gasteiger partial charge on any atom is -0.492 e.